The van der Waals surface area contributed by atoms with Crippen LogP contribution in [-0.2, 0) is 12.1 Å². The van der Waals surface area contributed by atoms with Crippen LogP contribution < -0.4 is 0 Å². The maximum atomic E-state index is 13.3. The molecule has 1 heterocycles. The predicted molar refractivity (Wildman–Crippen MR) is 65.8 cm³/mol. The Hall–Kier alpha value is -1.46. The van der Waals surface area contributed by atoms with Crippen molar-refractivity contribution in [3.63, 3.8) is 0 Å². The molecule has 1 aromatic carbocycles. The van der Waals surface area contributed by atoms with Gasteiger partial charge in [0.1, 0.15) is 17.1 Å². The molecule has 0 aliphatic heterocycles. The maximum absolute atomic E-state index is 13.3. The molecule has 0 radical (unpaired) electrons. The molecule has 0 saturated carbocycles. The Labute approximate surface area is 109 Å². The number of aliphatic hydroxyl groups is 1. The van der Waals surface area contributed by atoms with Gasteiger partial charge in [0.25, 0.3) is 0 Å². The Morgan fingerprint density at radius 1 is 1.44 bits per heavy atom. The first kappa shape index (κ1) is 13.0. The van der Waals surface area contributed by atoms with E-state index in [1.807, 2.05) is 0 Å². The Kier molecular flexibility index (Phi) is 3.36. The summed E-state index contributed by atoms with van der Waals surface area (Å²) in [7, 11) is 0. The van der Waals surface area contributed by atoms with Crippen molar-refractivity contribution in [1.29, 1.82) is 0 Å². The molecular weight excluding hydrogens is 257 g/mol. The minimum absolute atomic E-state index is 0.0813. The van der Waals surface area contributed by atoms with Gasteiger partial charge in [0, 0.05) is 0 Å². The van der Waals surface area contributed by atoms with Crippen LogP contribution in [0.1, 0.15) is 25.1 Å². The zero-order valence-electron chi connectivity index (χ0n) is 10.1. The molecule has 0 amide bonds. The van der Waals surface area contributed by atoms with Crippen LogP contribution in [0.5, 0.6) is 0 Å². The molecule has 0 unspecified atom stereocenters. The zero-order chi connectivity index (χ0) is 13.3. The normalized spacial score (nSPS) is 11.8. The van der Waals surface area contributed by atoms with Crippen molar-refractivity contribution in [3.8, 4) is 0 Å². The summed E-state index contributed by atoms with van der Waals surface area (Å²) in [5.41, 5.74) is 0.0168. The van der Waals surface area contributed by atoms with Gasteiger partial charge in [-0.05, 0) is 25.5 Å². The quantitative estimate of drug-likeness (QED) is 0.931. The highest BCUT2D eigenvalue weighted by Gasteiger charge is 2.20. The number of hydrogen-bond donors (Lipinski definition) is 1. The monoisotopic (exact) mass is 269 g/mol. The van der Waals surface area contributed by atoms with E-state index in [0.29, 0.717) is 17.8 Å². The number of benzene rings is 1. The van der Waals surface area contributed by atoms with E-state index < -0.39 is 11.4 Å². The summed E-state index contributed by atoms with van der Waals surface area (Å²) in [6.45, 7) is 3.55. The van der Waals surface area contributed by atoms with Gasteiger partial charge in [-0.1, -0.05) is 28.9 Å². The fourth-order valence-electron chi connectivity index (χ4n) is 1.50. The molecule has 0 spiro atoms. The van der Waals surface area contributed by atoms with Gasteiger partial charge in [-0.2, -0.15) is 0 Å². The number of halogens is 2. The van der Waals surface area contributed by atoms with Crippen LogP contribution in [0.4, 0.5) is 4.39 Å². The summed E-state index contributed by atoms with van der Waals surface area (Å²) in [5.74, 6) is -0.461. The van der Waals surface area contributed by atoms with E-state index in [1.54, 1.807) is 32.2 Å². The molecule has 0 bridgehead atoms. The predicted octanol–water partition coefficient (Wildman–Crippen LogP) is 2.35. The van der Waals surface area contributed by atoms with Crippen molar-refractivity contribution >= 4 is 11.6 Å². The minimum Gasteiger partial charge on any atom is -0.384 e. The van der Waals surface area contributed by atoms with Crippen LogP contribution >= 0.6 is 11.6 Å². The van der Waals surface area contributed by atoms with Crippen molar-refractivity contribution in [2.24, 2.45) is 0 Å². The first-order valence-electron chi connectivity index (χ1n) is 5.44. The lowest BCUT2D eigenvalue weighted by molar-refractivity contribution is 0.0737. The van der Waals surface area contributed by atoms with E-state index in [2.05, 4.69) is 10.3 Å². The van der Waals surface area contributed by atoms with Crippen molar-refractivity contribution in [3.05, 3.63) is 46.5 Å². The Morgan fingerprint density at radius 3 is 2.78 bits per heavy atom. The van der Waals surface area contributed by atoms with Crippen molar-refractivity contribution in [2.45, 2.75) is 26.0 Å². The molecule has 0 atom stereocenters. The van der Waals surface area contributed by atoms with E-state index in [0.717, 1.165) is 0 Å². The number of hydrogen-bond acceptors (Lipinski definition) is 3. The third-order valence-corrected chi connectivity index (χ3v) is 2.95. The second kappa shape index (κ2) is 4.66. The molecular formula is C12H13ClFN3O. The van der Waals surface area contributed by atoms with Crippen LogP contribution in [-0.4, -0.2) is 20.1 Å². The smallest absolute Gasteiger partial charge is 0.142 e. The lowest BCUT2D eigenvalue weighted by Crippen LogP contribution is -2.15. The average molecular weight is 270 g/mol. The lowest BCUT2D eigenvalue weighted by atomic mass is 10.1. The molecule has 2 rings (SSSR count). The molecule has 0 aliphatic carbocycles. The van der Waals surface area contributed by atoms with Crippen LogP contribution in [0.3, 0.4) is 0 Å². The highest BCUT2D eigenvalue weighted by atomic mass is 35.5. The Bertz CT molecular complexity index is 563. The van der Waals surface area contributed by atoms with Gasteiger partial charge in [-0.25, -0.2) is 9.07 Å². The third-order valence-electron chi connectivity index (χ3n) is 2.53. The van der Waals surface area contributed by atoms with Gasteiger partial charge < -0.3 is 5.11 Å². The molecule has 4 nitrogen and oxygen atoms in total. The number of nitrogens with zero attached hydrogens (tertiary/aromatic N) is 3. The average Bonchev–Trinajstić information content (AvgIpc) is 2.73. The van der Waals surface area contributed by atoms with Crippen LogP contribution in [0.25, 0.3) is 0 Å². The van der Waals surface area contributed by atoms with Gasteiger partial charge in [-0.3, -0.25) is 0 Å². The molecule has 0 fully saturated rings. The van der Waals surface area contributed by atoms with E-state index in [9.17, 15) is 9.50 Å². The summed E-state index contributed by atoms with van der Waals surface area (Å²) >= 11 is 5.85. The van der Waals surface area contributed by atoms with Gasteiger partial charge in [-0.15, -0.1) is 5.10 Å². The van der Waals surface area contributed by atoms with Crippen molar-refractivity contribution < 1.29 is 9.50 Å². The minimum atomic E-state index is -1.05. The zero-order valence-corrected chi connectivity index (χ0v) is 10.8. The lowest BCUT2D eigenvalue weighted by Gasteiger charge is -2.11. The first-order valence-corrected chi connectivity index (χ1v) is 5.81. The summed E-state index contributed by atoms with van der Waals surface area (Å²) in [4.78, 5) is 0. The third kappa shape index (κ3) is 2.68. The van der Waals surface area contributed by atoms with Gasteiger partial charge >= 0.3 is 0 Å². The number of aromatic nitrogens is 3. The largest absolute Gasteiger partial charge is 0.384 e. The SMILES string of the molecule is CC(C)(O)c1cn(Cc2cccc(F)c2Cl)nn1. The maximum Gasteiger partial charge on any atom is 0.142 e. The summed E-state index contributed by atoms with van der Waals surface area (Å²) in [6, 6.07) is 4.61. The second-order valence-corrected chi connectivity index (χ2v) is 4.95. The molecule has 0 aliphatic rings. The van der Waals surface area contributed by atoms with Gasteiger partial charge in [0.2, 0.25) is 0 Å². The van der Waals surface area contributed by atoms with Crippen LogP contribution in [0, 0.1) is 5.82 Å². The second-order valence-electron chi connectivity index (χ2n) is 4.57. The topological polar surface area (TPSA) is 50.9 Å². The van der Waals surface area contributed by atoms with Crippen molar-refractivity contribution in [2.75, 3.05) is 0 Å². The molecule has 1 aromatic heterocycles. The van der Waals surface area contributed by atoms with E-state index in [4.69, 9.17) is 11.6 Å². The molecule has 0 saturated heterocycles. The van der Waals surface area contributed by atoms with Gasteiger partial charge in [0.05, 0.1) is 17.8 Å². The molecule has 1 N–H and O–H groups in total. The molecule has 96 valence electrons. The van der Waals surface area contributed by atoms with E-state index >= 15 is 0 Å². The van der Waals surface area contributed by atoms with Crippen LogP contribution in [0.15, 0.2) is 24.4 Å². The fraction of sp³-hybridized carbons (Fsp3) is 0.333. The van der Waals surface area contributed by atoms with Crippen molar-refractivity contribution in [1.82, 2.24) is 15.0 Å². The van der Waals surface area contributed by atoms with Gasteiger partial charge in [0.15, 0.2) is 0 Å². The fourth-order valence-corrected chi connectivity index (χ4v) is 1.69. The van der Waals surface area contributed by atoms with E-state index in [-0.39, 0.29) is 5.02 Å². The molecule has 18 heavy (non-hydrogen) atoms. The standard InChI is InChI=1S/C12H13ClFN3O/c1-12(2,18)10-7-17(16-15-10)6-8-4-3-5-9(14)11(8)13/h3-5,7,18H,6H2,1-2H3. The molecule has 2 aromatic rings. The summed E-state index contributed by atoms with van der Waals surface area (Å²) < 4.78 is 14.8. The number of rotatable bonds is 3. The highest BCUT2D eigenvalue weighted by molar-refractivity contribution is 6.31. The molecule has 6 heteroatoms. The Balaban J connectivity index is 2.24. The summed E-state index contributed by atoms with van der Waals surface area (Å²) in [5, 5.41) is 17.6. The van der Waals surface area contributed by atoms with Crippen LogP contribution in [0.2, 0.25) is 5.02 Å². The first-order chi connectivity index (χ1) is 8.38. The Morgan fingerprint density at radius 2 is 2.17 bits per heavy atom. The highest BCUT2D eigenvalue weighted by Crippen LogP contribution is 2.21. The van der Waals surface area contributed by atoms with E-state index in [1.165, 1.54) is 10.7 Å². The summed E-state index contributed by atoms with van der Waals surface area (Å²) in [6.07, 6.45) is 1.61.